The highest BCUT2D eigenvalue weighted by atomic mass is 16.5. The number of rotatable bonds is 5. The van der Waals surface area contributed by atoms with Crippen molar-refractivity contribution in [3.63, 3.8) is 0 Å². The summed E-state index contributed by atoms with van der Waals surface area (Å²) in [5.41, 5.74) is 1.31. The first-order valence-corrected chi connectivity index (χ1v) is 7.24. The minimum atomic E-state index is 0.0628. The Kier molecular flexibility index (Phi) is 4.92. The van der Waals surface area contributed by atoms with Crippen LogP contribution >= 0.6 is 0 Å². The largest absolute Gasteiger partial charge is 0.384 e. The van der Waals surface area contributed by atoms with Gasteiger partial charge in [0.15, 0.2) is 5.78 Å². The second-order valence-electron chi connectivity index (χ2n) is 5.52. The van der Waals surface area contributed by atoms with Crippen LogP contribution in [0.1, 0.15) is 42.1 Å². The molecule has 106 valence electrons. The van der Waals surface area contributed by atoms with Crippen LogP contribution in [-0.4, -0.2) is 19.5 Å². The molecule has 3 nitrogen and oxygen atoms in total. The molecule has 0 amide bonds. The quantitative estimate of drug-likeness (QED) is 0.771. The first kappa shape index (κ1) is 14.7. The maximum atomic E-state index is 12.7. The molecule has 0 heterocycles. The molecule has 0 spiro atoms. The van der Waals surface area contributed by atoms with E-state index in [1.807, 2.05) is 0 Å². The molecule has 1 aliphatic rings. The number of Topliss-reactive ketones (excluding diaryl/α,β-unsaturated/α-hetero) is 1. The van der Waals surface area contributed by atoms with E-state index >= 15 is 0 Å². The summed E-state index contributed by atoms with van der Waals surface area (Å²) in [6, 6.07) is 9.04. The molecule has 0 radical (unpaired) electrons. The minimum absolute atomic E-state index is 0.0628. The highest BCUT2D eigenvalue weighted by Crippen LogP contribution is 2.40. The maximum Gasteiger partial charge on any atom is 0.166 e. The van der Waals surface area contributed by atoms with Crippen molar-refractivity contribution in [2.75, 3.05) is 13.7 Å². The lowest BCUT2D eigenvalue weighted by atomic mass is 9.84. The standard InChI is InChI=1S/C17H21NO2/c1-3-13-8-9-15(16(13)11-20-2)17(19)14-6-4-12(10-18)5-7-14/h4-7,13,15-16H,3,8-9,11H2,1-2H3. The molecule has 1 aliphatic carbocycles. The summed E-state index contributed by atoms with van der Waals surface area (Å²) in [4.78, 5) is 12.7. The number of ether oxygens (including phenoxy) is 1. The van der Waals surface area contributed by atoms with Crippen LogP contribution in [-0.2, 0) is 4.74 Å². The Bertz CT molecular complexity index is 501. The highest BCUT2D eigenvalue weighted by molar-refractivity contribution is 5.98. The number of methoxy groups -OCH3 is 1. The van der Waals surface area contributed by atoms with Crippen molar-refractivity contribution in [2.24, 2.45) is 17.8 Å². The lowest BCUT2D eigenvalue weighted by Crippen LogP contribution is -2.26. The zero-order valence-electron chi connectivity index (χ0n) is 12.1. The van der Waals surface area contributed by atoms with Crippen LogP contribution in [0.5, 0.6) is 0 Å². The molecule has 0 saturated heterocycles. The number of hydrogen-bond donors (Lipinski definition) is 0. The van der Waals surface area contributed by atoms with Gasteiger partial charge in [-0.1, -0.05) is 25.5 Å². The van der Waals surface area contributed by atoms with Gasteiger partial charge in [0.25, 0.3) is 0 Å². The molecule has 1 saturated carbocycles. The summed E-state index contributed by atoms with van der Waals surface area (Å²) in [5.74, 6) is 1.18. The Morgan fingerprint density at radius 1 is 1.35 bits per heavy atom. The van der Waals surface area contributed by atoms with E-state index in [4.69, 9.17) is 10.00 Å². The van der Waals surface area contributed by atoms with Gasteiger partial charge in [-0.25, -0.2) is 0 Å². The SMILES string of the molecule is CCC1CCC(C(=O)c2ccc(C#N)cc2)C1COC. The lowest BCUT2D eigenvalue weighted by Gasteiger charge is -2.22. The van der Waals surface area contributed by atoms with Gasteiger partial charge >= 0.3 is 0 Å². The van der Waals surface area contributed by atoms with E-state index in [2.05, 4.69) is 13.0 Å². The molecule has 2 rings (SSSR count). The van der Waals surface area contributed by atoms with Crippen molar-refractivity contribution < 1.29 is 9.53 Å². The van der Waals surface area contributed by atoms with Crippen molar-refractivity contribution in [3.05, 3.63) is 35.4 Å². The number of carbonyl (C=O) groups excluding carboxylic acids is 1. The third kappa shape index (κ3) is 2.91. The molecule has 1 fully saturated rings. The van der Waals surface area contributed by atoms with Gasteiger partial charge in [-0.05, 0) is 36.8 Å². The first-order valence-electron chi connectivity index (χ1n) is 7.24. The van der Waals surface area contributed by atoms with Gasteiger partial charge in [0.05, 0.1) is 11.6 Å². The Morgan fingerprint density at radius 3 is 2.60 bits per heavy atom. The van der Waals surface area contributed by atoms with Gasteiger partial charge in [-0.3, -0.25) is 4.79 Å². The van der Waals surface area contributed by atoms with Crippen molar-refractivity contribution in [1.82, 2.24) is 0 Å². The summed E-state index contributed by atoms with van der Waals surface area (Å²) in [6.07, 6.45) is 3.16. The fraction of sp³-hybridized carbons (Fsp3) is 0.529. The number of benzene rings is 1. The fourth-order valence-corrected chi connectivity index (χ4v) is 3.35. The van der Waals surface area contributed by atoms with Crippen LogP contribution in [0.4, 0.5) is 0 Å². The van der Waals surface area contributed by atoms with Crippen molar-refractivity contribution >= 4 is 5.78 Å². The number of hydrogen-bond acceptors (Lipinski definition) is 3. The molecule has 0 aromatic heterocycles. The number of nitriles is 1. The molecule has 0 aliphatic heterocycles. The normalized spacial score (nSPS) is 25.4. The van der Waals surface area contributed by atoms with Crippen molar-refractivity contribution in [3.8, 4) is 6.07 Å². The Balaban J connectivity index is 2.16. The maximum absolute atomic E-state index is 12.7. The average Bonchev–Trinajstić information content (AvgIpc) is 2.90. The third-order valence-corrected chi connectivity index (χ3v) is 4.49. The van der Waals surface area contributed by atoms with E-state index < -0.39 is 0 Å². The summed E-state index contributed by atoms with van der Waals surface area (Å²) >= 11 is 0. The molecular weight excluding hydrogens is 250 g/mol. The zero-order chi connectivity index (χ0) is 14.5. The zero-order valence-corrected chi connectivity index (χ0v) is 12.1. The molecule has 3 atom stereocenters. The monoisotopic (exact) mass is 271 g/mol. The smallest absolute Gasteiger partial charge is 0.166 e. The summed E-state index contributed by atoms with van der Waals surface area (Å²) in [5, 5.41) is 8.81. The molecular formula is C17H21NO2. The van der Waals surface area contributed by atoms with E-state index in [1.54, 1.807) is 31.4 Å². The molecule has 0 N–H and O–H groups in total. The Labute approximate surface area is 120 Å². The van der Waals surface area contributed by atoms with Crippen LogP contribution in [0.25, 0.3) is 0 Å². The number of ketones is 1. The third-order valence-electron chi connectivity index (χ3n) is 4.49. The fourth-order valence-electron chi connectivity index (χ4n) is 3.35. The molecule has 3 heteroatoms. The van der Waals surface area contributed by atoms with Gasteiger partial charge in [0, 0.05) is 25.2 Å². The summed E-state index contributed by atoms with van der Waals surface area (Å²) in [6.45, 7) is 2.84. The Morgan fingerprint density at radius 2 is 2.05 bits per heavy atom. The molecule has 0 bridgehead atoms. The van der Waals surface area contributed by atoms with Gasteiger partial charge in [-0.2, -0.15) is 5.26 Å². The van der Waals surface area contributed by atoms with E-state index in [0.717, 1.165) is 19.3 Å². The second kappa shape index (κ2) is 6.67. The minimum Gasteiger partial charge on any atom is -0.384 e. The molecule has 20 heavy (non-hydrogen) atoms. The average molecular weight is 271 g/mol. The van der Waals surface area contributed by atoms with Crippen LogP contribution < -0.4 is 0 Å². The van der Waals surface area contributed by atoms with Crippen molar-refractivity contribution in [1.29, 1.82) is 5.26 Å². The lowest BCUT2D eigenvalue weighted by molar-refractivity contribution is 0.0748. The highest BCUT2D eigenvalue weighted by Gasteiger charge is 2.39. The Hall–Kier alpha value is -1.66. The summed E-state index contributed by atoms with van der Waals surface area (Å²) in [7, 11) is 1.70. The van der Waals surface area contributed by atoms with Gasteiger partial charge in [0.2, 0.25) is 0 Å². The van der Waals surface area contributed by atoms with Crippen LogP contribution in [0.3, 0.4) is 0 Å². The van der Waals surface area contributed by atoms with Crippen molar-refractivity contribution in [2.45, 2.75) is 26.2 Å². The van der Waals surface area contributed by atoms with E-state index in [1.165, 1.54) is 0 Å². The molecule has 1 aromatic rings. The van der Waals surface area contributed by atoms with Gasteiger partial charge < -0.3 is 4.74 Å². The van der Waals surface area contributed by atoms with Crippen LogP contribution in [0.2, 0.25) is 0 Å². The molecule has 1 aromatic carbocycles. The number of carbonyl (C=O) groups is 1. The predicted octanol–water partition coefficient (Wildman–Crippen LogP) is 3.44. The number of nitrogens with zero attached hydrogens (tertiary/aromatic N) is 1. The van der Waals surface area contributed by atoms with E-state index in [0.29, 0.717) is 29.6 Å². The second-order valence-corrected chi connectivity index (χ2v) is 5.52. The summed E-state index contributed by atoms with van der Waals surface area (Å²) < 4.78 is 5.32. The van der Waals surface area contributed by atoms with Crippen LogP contribution in [0, 0.1) is 29.1 Å². The molecule has 3 unspecified atom stereocenters. The van der Waals surface area contributed by atoms with Gasteiger partial charge in [-0.15, -0.1) is 0 Å². The first-order chi connectivity index (χ1) is 9.71. The van der Waals surface area contributed by atoms with Gasteiger partial charge in [0.1, 0.15) is 0 Å². The topological polar surface area (TPSA) is 50.1 Å². The van der Waals surface area contributed by atoms with E-state index in [9.17, 15) is 4.79 Å². The predicted molar refractivity (Wildman–Crippen MR) is 77.4 cm³/mol. The van der Waals surface area contributed by atoms with E-state index in [-0.39, 0.29) is 11.7 Å². The van der Waals surface area contributed by atoms with Crippen LogP contribution in [0.15, 0.2) is 24.3 Å².